The van der Waals surface area contributed by atoms with E-state index in [1.807, 2.05) is 78.9 Å². The maximum absolute atomic E-state index is 13.4. The number of H-pyrrole nitrogens is 1. The van der Waals surface area contributed by atoms with Crippen molar-refractivity contribution in [1.82, 2.24) is 14.1 Å². The van der Waals surface area contributed by atoms with Gasteiger partial charge in [-0.2, -0.15) is 0 Å². The van der Waals surface area contributed by atoms with Gasteiger partial charge in [0, 0.05) is 25.3 Å². The molecule has 7 heteroatoms. The van der Waals surface area contributed by atoms with Crippen molar-refractivity contribution in [3.63, 3.8) is 0 Å². The highest BCUT2D eigenvalue weighted by Gasteiger charge is 2.37. The Balaban J connectivity index is 1.64. The normalized spacial score (nSPS) is 14.8. The number of rotatable bonds is 3. The molecule has 0 saturated heterocycles. The fourth-order valence-electron chi connectivity index (χ4n) is 5.02. The van der Waals surface area contributed by atoms with Gasteiger partial charge in [-0.25, -0.2) is 4.79 Å². The van der Waals surface area contributed by atoms with Crippen molar-refractivity contribution in [1.29, 1.82) is 0 Å². The minimum atomic E-state index is -0.686. The van der Waals surface area contributed by atoms with E-state index >= 15 is 0 Å². The van der Waals surface area contributed by atoms with E-state index in [0.29, 0.717) is 22.3 Å². The van der Waals surface area contributed by atoms with Gasteiger partial charge in [0.25, 0.3) is 5.56 Å². The van der Waals surface area contributed by atoms with Crippen LogP contribution in [0.1, 0.15) is 17.0 Å². The molecule has 0 unspecified atom stereocenters. The molecule has 3 aromatic carbocycles. The van der Waals surface area contributed by atoms with Crippen molar-refractivity contribution < 1.29 is 4.79 Å². The van der Waals surface area contributed by atoms with Gasteiger partial charge in [0.05, 0.1) is 17.0 Å². The standard InChI is InChI=1S/C28H22N4O3/c1-31-25-23(27(34)32(2)28(31)35)22(21-19-10-6-7-11-20(19)29-26(21)33)24(30-25)18-14-12-17(13-15-18)16-8-4-3-5-9-16/h3-15,21,30H,1-2H3,(H,29,33)/t21-/m1/s1. The lowest BCUT2D eigenvalue weighted by molar-refractivity contribution is -0.116. The molecule has 2 aromatic heterocycles. The number of hydrogen-bond donors (Lipinski definition) is 2. The zero-order valence-electron chi connectivity index (χ0n) is 19.2. The fraction of sp³-hybridized carbons (Fsp3) is 0.107. The van der Waals surface area contributed by atoms with Crippen molar-refractivity contribution in [3.05, 3.63) is 111 Å². The first-order valence-electron chi connectivity index (χ1n) is 11.3. The minimum Gasteiger partial charge on any atom is -0.340 e. The summed E-state index contributed by atoms with van der Waals surface area (Å²) >= 11 is 0. The molecule has 0 aliphatic carbocycles. The van der Waals surface area contributed by atoms with Crippen LogP contribution in [0.3, 0.4) is 0 Å². The number of benzene rings is 3. The summed E-state index contributed by atoms with van der Waals surface area (Å²) in [7, 11) is 3.08. The molecule has 0 saturated carbocycles. The average Bonchev–Trinajstić information content (AvgIpc) is 3.44. The molecule has 1 aliphatic rings. The van der Waals surface area contributed by atoms with E-state index in [9.17, 15) is 14.4 Å². The van der Waals surface area contributed by atoms with E-state index in [1.165, 1.54) is 11.6 Å². The summed E-state index contributed by atoms with van der Waals surface area (Å²) in [6.45, 7) is 0. The van der Waals surface area contributed by atoms with Gasteiger partial charge in [-0.05, 0) is 28.3 Å². The molecule has 0 bridgehead atoms. The molecule has 7 nitrogen and oxygen atoms in total. The largest absolute Gasteiger partial charge is 0.340 e. The summed E-state index contributed by atoms with van der Waals surface area (Å²) in [5.41, 5.74) is 5.25. The predicted molar refractivity (Wildman–Crippen MR) is 137 cm³/mol. The summed E-state index contributed by atoms with van der Waals surface area (Å²) in [4.78, 5) is 42.6. The second kappa shape index (κ2) is 7.70. The number of aryl methyl sites for hydroxylation is 1. The Kier molecular flexibility index (Phi) is 4.60. The number of amides is 1. The highest BCUT2D eigenvalue weighted by Crippen LogP contribution is 2.43. The smallest absolute Gasteiger partial charge is 0.332 e. The van der Waals surface area contributed by atoms with Gasteiger partial charge in [-0.3, -0.25) is 18.7 Å². The van der Waals surface area contributed by atoms with Crippen LogP contribution in [0.15, 0.2) is 88.5 Å². The van der Waals surface area contributed by atoms with Crippen molar-refractivity contribution in [2.75, 3.05) is 5.32 Å². The SMILES string of the molecule is Cn1c(=O)c2c([C@@H]3C(=O)Nc4ccccc43)c(-c3ccc(-c4ccccc4)cc3)[nH]c2n(C)c1=O. The number of carbonyl (C=O) groups excluding carboxylic acids is 1. The van der Waals surface area contributed by atoms with Gasteiger partial charge in [0.1, 0.15) is 5.65 Å². The van der Waals surface area contributed by atoms with E-state index in [1.54, 1.807) is 7.05 Å². The van der Waals surface area contributed by atoms with Gasteiger partial charge in [0.2, 0.25) is 5.91 Å². The zero-order valence-corrected chi connectivity index (χ0v) is 19.2. The second-order valence-corrected chi connectivity index (χ2v) is 8.80. The summed E-state index contributed by atoms with van der Waals surface area (Å²) in [6.07, 6.45) is 0. The van der Waals surface area contributed by atoms with E-state index in [0.717, 1.165) is 32.5 Å². The van der Waals surface area contributed by atoms with Crippen molar-refractivity contribution in [2.45, 2.75) is 5.92 Å². The van der Waals surface area contributed by atoms with Gasteiger partial charge in [0.15, 0.2) is 0 Å². The fourth-order valence-corrected chi connectivity index (χ4v) is 5.02. The maximum atomic E-state index is 13.4. The average molecular weight is 463 g/mol. The van der Waals surface area contributed by atoms with Crippen LogP contribution in [0.2, 0.25) is 0 Å². The van der Waals surface area contributed by atoms with E-state index in [4.69, 9.17) is 0 Å². The number of nitrogens with zero attached hydrogens (tertiary/aromatic N) is 2. The van der Waals surface area contributed by atoms with Crippen LogP contribution >= 0.6 is 0 Å². The van der Waals surface area contributed by atoms with Crippen molar-refractivity contribution >= 4 is 22.6 Å². The molecule has 172 valence electrons. The van der Waals surface area contributed by atoms with E-state index in [-0.39, 0.29) is 5.91 Å². The van der Waals surface area contributed by atoms with E-state index in [2.05, 4.69) is 10.3 Å². The molecule has 1 aliphatic heterocycles. The summed E-state index contributed by atoms with van der Waals surface area (Å²) in [5, 5.41) is 3.28. The molecule has 2 N–H and O–H groups in total. The van der Waals surface area contributed by atoms with Gasteiger partial charge in [-0.1, -0.05) is 72.8 Å². The number of aromatic amines is 1. The minimum absolute atomic E-state index is 0.204. The van der Waals surface area contributed by atoms with Gasteiger partial charge < -0.3 is 10.3 Å². The maximum Gasteiger partial charge on any atom is 0.332 e. The molecule has 0 fully saturated rings. The van der Waals surface area contributed by atoms with Crippen molar-refractivity contribution in [2.24, 2.45) is 14.1 Å². The lowest BCUT2D eigenvalue weighted by Gasteiger charge is -2.12. The summed E-state index contributed by atoms with van der Waals surface area (Å²) in [6, 6.07) is 25.5. The number of carbonyl (C=O) groups is 1. The molecule has 35 heavy (non-hydrogen) atoms. The molecule has 1 atom stereocenters. The van der Waals surface area contributed by atoms with Crippen LogP contribution in [0.4, 0.5) is 5.69 Å². The van der Waals surface area contributed by atoms with Gasteiger partial charge in [-0.15, -0.1) is 0 Å². The number of para-hydroxylation sites is 1. The zero-order chi connectivity index (χ0) is 24.3. The Morgan fingerprint density at radius 3 is 2.09 bits per heavy atom. The second-order valence-electron chi connectivity index (χ2n) is 8.80. The number of hydrogen-bond acceptors (Lipinski definition) is 3. The Labute approximate surface area is 200 Å². The number of anilines is 1. The van der Waals surface area contributed by atoms with Crippen LogP contribution < -0.4 is 16.6 Å². The molecule has 5 aromatic rings. The number of nitrogens with one attached hydrogen (secondary N) is 2. The molecule has 0 spiro atoms. The molecular weight excluding hydrogens is 440 g/mol. The first-order chi connectivity index (χ1) is 17.0. The third-order valence-electron chi connectivity index (χ3n) is 6.81. The highest BCUT2D eigenvalue weighted by atomic mass is 16.2. The first-order valence-corrected chi connectivity index (χ1v) is 11.3. The molecule has 6 rings (SSSR count). The number of fused-ring (bicyclic) bond motifs is 2. The molecule has 1 amide bonds. The summed E-state index contributed by atoms with van der Waals surface area (Å²) < 4.78 is 2.50. The Morgan fingerprint density at radius 1 is 0.714 bits per heavy atom. The van der Waals surface area contributed by atoms with Crippen LogP contribution in [-0.2, 0) is 18.9 Å². The van der Waals surface area contributed by atoms with Crippen LogP contribution in [0.25, 0.3) is 33.4 Å². The lowest BCUT2D eigenvalue weighted by Crippen LogP contribution is -2.37. The first kappa shape index (κ1) is 20.9. The Hall–Kier alpha value is -4.65. The number of aromatic nitrogens is 3. The van der Waals surface area contributed by atoms with E-state index < -0.39 is 17.2 Å². The van der Waals surface area contributed by atoms with Crippen LogP contribution in [0, 0.1) is 0 Å². The lowest BCUT2D eigenvalue weighted by atomic mass is 9.88. The molecule has 0 radical (unpaired) electrons. The monoisotopic (exact) mass is 462 g/mol. The van der Waals surface area contributed by atoms with Gasteiger partial charge >= 0.3 is 5.69 Å². The molecular formula is C28H22N4O3. The molecule has 3 heterocycles. The predicted octanol–water partition coefficient (Wildman–Crippen LogP) is 3.98. The third kappa shape index (κ3) is 3.09. The van der Waals surface area contributed by atoms with Crippen LogP contribution in [0.5, 0.6) is 0 Å². The van der Waals surface area contributed by atoms with Crippen molar-refractivity contribution in [3.8, 4) is 22.4 Å². The quantitative estimate of drug-likeness (QED) is 0.425. The third-order valence-corrected chi connectivity index (χ3v) is 6.81. The highest BCUT2D eigenvalue weighted by molar-refractivity contribution is 6.09. The van der Waals surface area contributed by atoms with Crippen LogP contribution in [-0.4, -0.2) is 20.0 Å². The topological polar surface area (TPSA) is 88.9 Å². The Morgan fingerprint density at radius 2 is 1.34 bits per heavy atom. The summed E-state index contributed by atoms with van der Waals surface area (Å²) in [5.74, 6) is -0.890. The Bertz CT molecular complexity index is 1740.